The van der Waals surface area contributed by atoms with Gasteiger partial charge in [-0.25, -0.2) is 4.79 Å². The van der Waals surface area contributed by atoms with E-state index < -0.39 is 5.60 Å². The van der Waals surface area contributed by atoms with Crippen molar-refractivity contribution in [3.8, 4) is 0 Å². The lowest BCUT2D eigenvalue weighted by molar-refractivity contribution is 0.0486. The standard InChI is InChI=1S/C13H26N2O2/c1-13(2,3)17-12(16)15-11(9-14-4)10-7-5-6-8-10/h10-11,14H,5-9H2,1-4H3,(H,15,16). The molecule has 0 aromatic rings. The Balaban J connectivity index is 2.45. The van der Waals surface area contributed by atoms with Gasteiger partial charge in [0.25, 0.3) is 0 Å². The Morgan fingerprint density at radius 1 is 1.35 bits per heavy atom. The molecule has 1 amide bonds. The topological polar surface area (TPSA) is 50.4 Å². The molecule has 4 nitrogen and oxygen atoms in total. The Morgan fingerprint density at radius 3 is 2.41 bits per heavy atom. The molecular formula is C13H26N2O2. The monoisotopic (exact) mass is 242 g/mol. The average molecular weight is 242 g/mol. The van der Waals surface area contributed by atoms with E-state index in [0.29, 0.717) is 5.92 Å². The normalized spacial score (nSPS) is 19.1. The summed E-state index contributed by atoms with van der Waals surface area (Å²) in [6.45, 7) is 6.46. The summed E-state index contributed by atoms with van der Waals surface area (Å²) in [6.07, 6.45) is 4.68. The van der Waals surface area contributed by atoms with Crippen LogP contribution < -0.4 is 10.6 Å². The Morgan fingerprint density at radius 2 is 1.94 bits per heavy atom. The van der Waals surface area contributed by atoms with Crippen LogP contribution in [-0.4, -0.2) is 31.3 Å². The molecule has 2 N–H and O–H groups in total. The molecule has 0 spiro atoms. The fraction of sp³-hybridized carbons (Fsp3) is 0.923. The number of rotatable bonds is 4. The van der Waals surface area contributed by atoms with Gasteiger partial charge in [0.2, 0.25) is 0 Å². The highest BCUT2D eigenvalue weighted by Gasteiger charge is 2.27. The van der Waals surface area contributed by atoms with Gasteiger partial charge in [-0.2, -0.15) is 0 Å². The maximum absolute atomic E-state index is 11.7. The third kappa shape index (κ3) is 5.39. The summed E-state index contributed by atoms with van der Waals surface area (Å²) < 4.78 is 5.30. The summed E-state index contributed by atoms with van der Waals surface area (Å²) in [6, 6.07) is 0.192. The van der Waals surface area contributed by atoms with Crippen molar-refractivity contribution in [1.82, 2.24) is 10.6 Å². The van der Waals surface area contributed by atoms with Gasteiger partial charge < -0.3 is 15.4 Å². The van der Waals surface area contributed by atoms with Gasteiger partial charge in [-0.15, -0.1) is 0 Å². The minimum atomic E-state index is -0.427. The van der Waals surface area contributed by atoms with E-state index in [2.05, 4.69) is 10.6 Å². The molecule has 1 saturated carbocycles. The van der Waals surface area contributed by atoms with Gasteiger partial charge in [0.1, 0.15) is 5.60 Å². The molecule has 0 heterocycles. The molecule has 0 aromatic heterocycles. The predicted octanol–water partition coefficient (Wildman–Crippen LogP) is 2.29. The second-order valence-corrected chi connectivity index (χ2v) is 5.85. The molecular weight excluding hydrogens is 216 g/mol. The van der Waals surface area contributed by atoms with E-state index in [4.69, 9.17) is 4.74 Å². The van der Waals surface area contributed by atoms with Crippen LogP contribution in [-0.2, 0) is 4.74 Å². The smallest absolute Gasteiger partial charge is 0.407 e. The molecule has 1 aliphatic carbocycles. The van der Waals surface area contributed by atoms with Crippen LogP contribution in [0.25, 0.3) is 0 Å². The summed E-state index contributed by atoms with van der Waals surface area (Å²) in [4.78, 5) is 11.7. The SMILES string of the molecule is CNCC(NC(=O)OC(C)(C)C)C1CCCC1. The van der Waals surface area contributed by atoms with Crippen molar-refractivity contribution >= 4 is 6.09 Å². The van der Waals surface area contributed by atoms with E-state index in [1.54, 1.807) is 0 Å². The molecule has 1 fully saturated rings. The lowest BCUT2D eigenvalue weighted by Gasteiger charge is -2.27. The van der Waals surface area contributed by atoms with Gasteiger partial charge in [0, 0.05) is 12.6 Å². The van der Waals surface area contributed by atoms with Crippen LogP contribution in [0.3, 0.4) is 0 Å². The van der Waals surface area contributed by atoms with Gasteiger partial charge >= 0.3 is 6.09 Å². The largest absolute Gasteiger partial charge is 0.444 e. The number of hydrogen-bond acceptors (Lipinski definition) is 3. The number of alkyl carbamates (subject to hydrolysis) is 1. The van der Waals surface area contributed by atoms with Gasteiger partial charge in [-0.1, -0.05) is 12.8 Å². The van der Waals surface area contributed by atoms with Crippen LogP contribution in [0.5, 0.6) is 0 Å². The molecule has 17 heavy (non-hydrogen) atoms. The molecule has 0 saturated heterocycles. The van der Waals surface area contributed by atoms with Gasteiger partial charge in [-0.3, -0.25) is 0 Å². The predicted molar refractivity (Wildman–Crippen MR) is 69.0 cm³/mol. The summed E-state index contributed by atoms with van der Waals surface area (Å²) in [7, 11) is 1.92. The van der Waals surface area contributed by atoms with Crippen molar-refractivity contribution in [3.05, 3.63) is 0 Å². The highest BCUT2D eigenvalue weighted by Crippen LogP contribution is 2.27. The van der Waals surface area contributed by atoms with Crippen LogP contribution in [0.15, 0.2) is 0 Å². The first-order chi connectivity index (χ1) is 7.92. The van der Waals surface area contributed by atoms with Crippen molar-refractivity contribution in [2.75, 3.05) is 13.6 Å². The zero-order chi connectivity index (χ0) is 12.9. The van der Waals surface area contributed by atoms with Crippen molar-refractivity contribution in [2.45, 2.75) is 58.1 Å². The molecule has 0 radical (unpaired) electrons. The summed E-state index contributed by atoms with van der Waals surface area (Å²) in [5, 5.41) is 6.14. The van der Waals surface area contributed by atoms with E-state index >= 15 is 0 Å². The fourth-order valence-electron chi connectivity index (χ4n) is 2.37. The molecule has 1 aliphatic rings. The number of amides is 1. The van der Waals surface area contributed by atoms with E-state index in [1.165, 1.54) is 25.7 Å². The highest BCUT2D eigenvalue weighted by molar-refractivity contribution is 5.68. The Bertz CT molecular complexity index is 242. The first kappa shape index (κ1) is 14.3. The third-order valence-electron chi connectivity index (χ3n) is 3.10. The fourth-order valence-corrected chi connectivity index (χ4v) is 2.37. The number of hydrogen-bond donors (Lipinski definition) is 2. The third-order valence-corrected chi connectivity index (χ3v) is 3.10. The molecule has 1 unspecified atom stereocenters. The molecule has 100 valence electrons. The molecule has 1 atom stereocenters. The van der Waals surface area contributed by atoms with Crippen molar-refractivity contribution < 1.29 is 9.53 Å². The lowest BCUT2D eigenvalue weighted by Crippen LogP contribution is -2.47. The quantitative estimate of drug-likeness (QED) is 0.795. The second-order valence-electron chi connectivity index (χ2n) is 5.85. The van der Waals surface area contributed by atoms with Crippen molar-refractivity contribution in [1.29, 1.82) is 0 Å². The first-order valence-corrected chi connectivity index (χ1v) is 6.56. The van der Waals surface area contributed by atoms with E-state index in [0.717, 1.165) is 6.54 Å². The second kappa shape index (κ2) is 6.24. The minimum Gasteiger partial charge on any atom is -0.444 e. The number of ether oxygens (including phenoxy) is 1. The average Bonchev–Trinajstić information content (AvgIpc) is 2.66. The Kier molecular flexibility index (Phi) is 5.25. The van der Waals surface area contributed by atoms with E-state index in [-0.39, 0.29) is 12.1 Å². The molecule has 1 rings (SSSR count). The highest BCUT2D eigenvalue weighted by atomic mass is 16.6. The van der Waals surface area contributed by atoms with Gasteiger partial charge in [0.15, 0.2) is 0 Å². The molecule has 0 aliphatic heterocycles. The molecule has 4 heteroatoms. The summed E-state index contributed by atoms with van der Waals surface area (Å²) in [5.41, 5.74) is -0.427. The molecule has 0 aromatic carbocycles. The van der Waals surface area contributed by atoms with E-state index in [9.17, 15) is 4.79 Å². The molecule has 0 bridgehead atoms. The number of likely N-dealkylation sites (N-methyl/N-ethyl adjacent to an activating group) is 1. The van der Waals surface area contributed by atoms with Gasteiger partial charge in [-0.05, 0) is 46.6 Å². The van der Waals surface area contributed by atoms with Crippen molar-refractivity contribution in [2.24, 2.45) is 5.92 Å². The number of carbonyl (C=O) groups is 1. The van der Waals surface area contributed by atoms with Crippen LogP contribution in [0.2, 0.25) is 0 Å². The van der Waals surface area contributed by atoms with Crippen molar-refractivity contribution in [3.63, 3.8) is 0 Å². The van der Waals surface area contributed by atoms with Crippen LogP contribution in [0, 0.1) is 5.92 Å². The Hall–Kier alpha value is -0.770. The van der Waals surface area contributed by atoms with E-state index in [1.807, 2.05) is 27.8 Å². The number of nitrogens with one attached hydrogen (secondary N) is 2. The van der Waals surface area contributed by atoms with Crippen LogP contribution in [0.4, 0.5) is 4.79 Å². The van der Waals surface area contributed by atoms with Crippen LogP contribution >= 0.6 is 0 Å². The lowest BCUT2D eigenvalue weighted by atomic mass is 9.98. The first-order valence-electron chi connectivity index (χ1n) is 6.56. The Labute approximate surface area is 104 Å². The van der Waals surface area contributed by atoms with Gasteiger partial charge in [0.05, 0.1) is 0 Å². The van der Waals surface area contributed by atoms with Crippen LogP contribution in [0.1, 0.15) is 46.5 Å². The summed E-state index contributed by atoms with van der Waals surface area (Å²) in [5.74, 6) is 0.593. The minimum absolute atomic E-state index is 0.192. The zero-order valence-corrected chi connectivity index (χ0v) is 11.5. The summed E-state index contributed by atoms with van der Waals surface area (Å²) >= 11 is 0. The zero-order valence-electron chi connectivity index (χ0n) is 11.5. The number of carbonyl (C=O) groups excluding carboxylic acids is 1. The maximum atomic E-state index is 11.7. The maximum Gasteiger partial charge on any atom is 0.407 e.